The van der Waals surface area contributed by atoms with Gasteiger partial charge in [0.05, 0.1) is 24.0 Å². The van der Waals surface area contributed by atoms with E-state index in [1.54, 1.807) is 19.1 Å². The average molecular weight is 563 g/mol. The van der Waals surface area contributed by atoms with E-state index in [1.807, 2.05) is 0 Å². The van der Waals surface area contributed by atoms with Crippen LogP contribution >= 0.6 is 11.6 Å². The van der Waals surface area contributed by atoms with Gasteiger partial charge in [-0.05, 0) is 48.9 Å². The lowest BCUT2D eigenvalue weighted by Gasteiger charge is -2.15. The summed E-state index contributed by atoms with van der Waals surface area (Å²) < 4.78 is 39.5. The van der Waals surface area contributed by atoms with Gasteiger partial charge >= 0.3 is 0 Å². The number of ether oxygens (including phenoxy) is 2. The highest BCUT2D eigenvalue weighted by Gasteiger charge is 2.22. The number of hydrogen-bond acceptors (Lipinski definition) is 6. The summed E-state index contributed by atoms with van der Waals surface area (Å²) in [6.45, 7) is 1.62. The van der Waals surface area contributed by atoms with E-state index in [9.17, 15) is 14.0 Å². The van der Waals surface area contributed by atoms with Gasteiger partial charge < -0.3 is 19.8 Å². The van der Waals surface area contributed by atoms with Crippen molar-refractivity contribution in [1.29, 1.82) is 0 Å². The monoisotopic (exact) mass is 562 g/mol. The van der Waals surface area contributed by atoms with Crippen molar-refractivity contribution in [3.8, 4) is 22.6 Å². The van der Waals surface area contributed by atoms with Gasteiger partial charge in [-0.25, -0.2) is 13.8 Å². The Morgan fingerprint density at radius 2 is 1.82 bits per heavy atom. The lowest BCUT2D eigenvalue weighted by molar-refractivity contribution is 0.101. The number of carbonyl (C=O) groups is 1. The Kier molecular flexibility index (Phi) is 7.54. The van der Waals surface area contributed by atoms with E-state index in [-0.39, 0.29) is 40.0 Å². The molecular formula is C29H21ClF2N4O4. The van der Waals surface area contributed by atoms with E-state index in [2.05, 4.69) is 20.3 Å². The van der Waals surface area contributed by atoms with Crippen molar-refractivity contribution in [1.82, 2.24) is 15.0 Å². The molecule has 40 heavy (non-hydrogen) atoms. The fourth-order valence-corrected chi connectivity index (χ4v) is 4.46. The first-order valence-electron chi connectivity index (χ1n) is 11.9. The minimum absolute atomic E-state index is 0.0525. The van der Waals surface area contributed by atoms with Gasteiger partial charge in [0.1, 0.15) is 22.3 Å². The summed E-state index contributed by atoms with van der Waals surface area (Å²) >= 11 is 5.99. The molecule has 5 aromatic rings. The van der Waals surface area contributed by atoms with Crippen LogP contribution in [0.25, 0.3) is 22.0 Å². The van der Waals surface area contributed by atoms with Crippen LogP contribution in [0.15, 0.2) is 71.8 Å². The number of hydrogen-bond donors (Lipinski definition) is 2. The number of benzene rings is 2. The van der Waals surface area contributed by atoms with E-state index in [1.165, 1.54) is 55.9 Å². The van der Waals surface area contributed by atoms with Crippen LogP contribution < -0.4 is 15.5 Å². The average Bonchev–Trinajstić information content (AvgIpc) is 2.91. The lowest BCUT2D eigenvalue weighted by atomic mass is 9.99. The Hall–Kier alpha value is -4.67. The van der Waals surface area contributed by atoms with Crippen LogP contribution in [0.3, 0.4) is 0 Å². The number of pyridine rings is 3. The number of aromatic amines is 1. The zero-order chi connectivity index (χ0) is 28.4. The number of anilines is 1. The molecule has 0 atom stereocenters. The predicted molar refractivity (Wildman–Crippen MR) is 147 cm³/mol. The van der Waals surface area contributed by atoms with Crippen molar-refractivity contribution < 1.29 is 23.0 Å². The molecule has 2 N–H and O–H groups in total. The number of carbonyl (C=O) groups excluding carboxylic acids is 1. The van der Waals surface area contributed by atoms with Crippen LogP contribution in [0.2, 0.25) is 5.15 Å². The van der Waals surface area contributed by atoms with E-state index < -0.39 is 23.0 Å². The summed E-state index contributed by atoms with van der Waals surface area (Å²) in [5, 5.41) is 3.34. The third-order valence-corrected chi connectivity index (χ3v) is 6.29. The number of fused-ring (bicyclic) bond motifs is 1. The van der Waals surface area contributed by atoms with Crippen LogP contribution in [-0.4, -0.2) is 28.0 Å². The second kappa shape index (κ2) is 11.2. The minimum Gasteiger partial charge on any atom is -0.454 e. The SMILES string of the molecule is COCc1[nH]c(C)c(-c2ccc(F)cc2)c(=O)c1C(=O)Nc1ccc(Oc2ccnc3cnc(Cl)cc23)c(F)c1. The molecular weight excluding hydrogens is 542 g/mol. The molecule has 0 radical (unpaired) electrons. The fourth-order valence-electron chi connectivity index (χ4n) is 4.30. The van der Waals surface area contributed by atoms with Crippen LogP contribution in [-0.2, 0) is 11.3 Å². The Balaban J connectivity index is 1.45. The molecule has 0 fully saturated rings. The standard InChI is InChI=1S/C29H21ClF2N4O4/c1-15-26(16-3-5-17(31)6-4-16)28(37)27(22(35-15)14-39-2)29(38)36-18-7-8-24(20(32)11-18)40-23-9-10-33-21-13-34-25(30)12-19(21)23/h3-13H,14H2,1-2H3,(H,35,37)(H,36,38). The number of aromatic nitrogens is 3. The Morgan fingerprint density at radius 3 is 2.55 bits per heavy atom. The zero-order valence-corrected chi connectivity index (χ0v) is 22.0. The largest absolute Gasteiger partial charge is 0.454 e. The second-order valence-electron chi connectivity index (χ2n) is 8.78. The summed E-state index contributed by atoms with van der Waals surface area (Å²) in [4.78, 5) is 38.0. The van der Waals surface area contributed by atoms with Crippen LogP contribution in [0.5, 0.6) is 11.5 Å². The van der Waals surface area contributed by atoms with E-state index in [0.29, 0.717) is 27.9 Å². The van der Waals surface area contributed by atoms with E-state index in [4.69, 9.17) is 21.1 Å². The summed E-state index contributed by atoms with van der Waals surface area (Å²) in [6, 6.07) is 12.3. The predicted octanol–water partition coefficient (Wildman–Crippen LogP) is 6.42. The quantitative estimate of drug-likeness (QED) is 0.222. The van der Waals surface area contributed by atoms with Gasteiger partial charge in [0, 0.05) is 41.7 Å². The number of rotatable bonds is 7. The Bertz CT molecular complexity index is 1810. The van der Waals surface area contributed by atoms with E-state index >= 15 is 4.39 Å². The lowest BCUT2D eigenvalue weighted by Crippen LogP contribution is -2.27. The van der Waals surface area contributed by atoms with Gasteiger partial charge in [0.25, 0.3) is 5.91 Å². The molecule has 0 spiro atoms. The number of nitrogens with one attached hydrogen (secondary N) is 2. The molecule has 0 saturated carbocycles. The number of H-pyrrole nitrogens is 1. The third-order valence-electron chi connectivity index (χ3n) is 6.08. The number of aryl methyl sites for hydroxylation is 1. The molecule has 0 aliphatic rings. The van der Waals surface area contributed by atoms with Crippen molar-refractivity contribution in [2.75, 3.05) is 12.4 Å². The molecule has 11 heteroatoms. The maximum atomic E-state index is 15.1. The Labute approximate surface area is 231 Å². The fraction of sp³-hybridized carbons (Fsp3) is 0.103. The number of halogens is 3. The molecule has 0 saturated heterocycles. The first-order chi connectivity index (χ1) is 19.2. The van der Waals surface area contributed by atoms with Crippen molar-refractivity contribution in [3.05, 3.63) is 111 Å². The number of nitrogens with zero attached hydrogens (tertiary/aromatic N) is 2. The van der Waals surface area contributed by atoms with Gasteiger partial charge in [0.15, 0.2) is 11.6 Å². The molecule has 0 bridgehead atoms. The normalized spacial score (nSPS) is 11.0. The smallest absolute Gasteiger partial charge is 0.261 e. The third kappa shape index (κ3) is 5.40. The molecule has 0 aliphatic carbocycles. The van der Waals surface area contributed by atoms with Gasteiger partial charge in [-0.2, -0.15) is 0 Å². The summed E-state index contributed by atoms with van der Waals surface area (Å²) in [5.74, 6) is -1.78. The number of amides is 1. The molecule has 5 rings (SSSR count). The maximum Gasteiger partial charge on any atom is 0.261 e. The highest BCUT2D eigenvalue weighted by molar-refractivity contribution is 6.30. The first kappa shape index (κ1) is 26.9. The van der Waals surface area contributed by atoms with Crippen molar-refractivity contribution in [3.63, 3.8) is 0 Å². The molecule has 3 heterocycles. The maximum absolute atomic E-state index is 15.1. The molecule has 202 valence electrons. The summed E-state index contributed by atoms with van der Waals surface area (Å²) in [7, 11) is 1.42. The van der Waals surface area contributed by atoms with Crippen molar-refractivity contribution >= 4 is 34.1 Å². The first-order valence-corrected chi connectivity index (χ1v) is 12.3. The van der Waals surface area contributed by atoms with Crippen LogP contribution in [0.1, 0.15) is 21.7 Å². The summed E-state index contributed by atoms with van der Waals surface area (Å²) in [5.41, 5.74) is 1.19. The molecule has 0 unspecified atom stereocenters. The van der Waals surface area contributed by atoms with Crippen molar-refractivity contribution in [2.24, 2.45) is 0 Å². The zero-order valence-electron chi connectivity index (χ0n) is 21.2. The number of methoxy groups -OCH3 is 1. The molecule has 1 amide bonds. The van der Waals surface area contributed by atoms with Crippen LogP contribution in [0, 0.1) is 18.6 Å². The minimum atomic E-state index is -0.771. The molecule has 3 aromatic heterocycles. The van der Waals surface area contributed by atoms with Gasteiger partial charge in [-0.15, -0.1) is 0 Å². The van der Waals surface area contributed by atoms with Gasteiger partial charge in [-0.3, -0.25) is 14.6 Å². The van der Waals surface area contributed by atoms with Crippen LogP contribution in [0.4, 0.5) is 14.5 Å². The van der Waals surface area contributed by atoms with Gasteiger partial charge in [0.2, 0.25) is 5.43 Å². The molecule has 2 aromatic carbocycles. The second-order valence-corrected chi connectivity index (χ2v) is 9.17. The van der Waals surface area contributed by atoms with Crippen molar-refractivity contribution in [2.45, 2.75) is 13.5 Å². The topological polar surface area (TPSA) is 106 Å². The summed E-state index contributed by atoms with van der Waals surface area (Å²) in [6.07, 6.45) is 2.97. The molecule has 0 aliphatic heterocycles. The van der Waals surface area contributed by atoms with E-state index in [0.717, 1.165) is 6.07 Å². The molecule has 8 nitrogen and oxygen atoms in total. The van der Waals surface area contributed by atoms with Gasteiger partial charge in [-0.1, -0.05) is 23.7 Å². The highest BCUT2D eigenvalue weighted by atomic mass is 35.5. The Morgan fingerprint density at radius 1 is 1.05 bits per heavy atom. The highest BCUT2D eigenvalue weighted by Crippen LogP contribution is 2.32.